The van der Waals surface area contributed by atoms with E-state index >= 15 is 0 Å². The van der Waals surface area contributed by atoms with Crippen LogP contribution in [-0.4, -0.2) is 6.36 Å². The number of alkyl halides is 3. The Morgan fingerprint density at radius 1 is 1.11 bits per heavy atom. The molecule has 1 aromatic rings. The molecule has 2 nitrogen and oxygen atoms in total. The average Bonchev–Trinajstić information content (AvgIpc) is 2.25. The summed E-state index contributed by atoms with van der Waals surface area (Å²) in [6.45, 7) is 5.88. The maximum absolute atomic E-state index is 12.3. The van der Waals surface area contributed by atoms with Crippen LogP contribution in [0.15, 0.2) is 24.3 Å². The van der Waals surface area contributed by atoms with Gasteiger partial charge in [-0.3, -0.25) is 0 Å². The highest BCUT2D eigenvalue weighted by Crippen LogP contribution is 2.34. The minimum Gasteiger partial charge on any atom is -0.405 e. The molecule has 1 rings (SSSR count). The molecule has 0 aliphatic heterocycles. The Morgan fingerprint density at radius 3 is 2.17 bits per heavy atom. The summed E-state index contributed by atoms with van der Waals surface area (Å²) in [6, 6.07) is 5.53. The quantitative estimate of drug-likeness (QED) is 0.892. The van der Waals surface area contributed by atoms with Crippen LogP contribution >= 0.6 is 0 Å². The van der Waals surface area contributed by atoms with Gasteiger partial charge in [-0.2, -0.15) is 0 Å². The molecule has 0 spiro atoms. The molecule has 1 aromatic carbocycles. The summed E-state index contributed by atoms with van der Waals surface area (Å²) >= 11 is 0. The SMILES string of the molecule is CC(C)C(C)C(N)c1ccccc1OC(F)(F)F. The van der Waals surface area contributed by atoms with Crippen LogP contribution in [0.25, 0.3) is 0 Å². The first-order valence-electron chi connectivity index (χ1n) is 5.82. The van der Waals surface area contributed by atoms with Crippen molar-refractivity contribution in [1.82, 2.24) is 0 Å². The van der Waals surface area contributed by atoms with Crippen molar-refractivity contribution in [3.05, 3.63) is 29.8 Å². The van der Waals surface area contributed by atoms with E-state index in [0.29, 0.717) is 5.56 Å². The van der Waals surface area contributed by atoms with E-state index in [1.807, 2.05) is 20.8 Å². The second kappa shape index (κ2) is 5.61. The van der Waals surface area contributed by atoms with Crippen LogP contribution in [0.4, 0.5) is 13.2 Å². The van der Waals surface area contributed by atoms with Crippen LogP contribution in [0.5, 0.6) is 5.75 Å². The van der Waals surface area contributed by atoms with Crippen LogP contribution in [-0.2, 0) is 0 Å². The Labute approximate surface area is 105 Å². The van der Waals surface area contributed by atoms with Gasteiger partial charge < -0.3 is 10.5 Å². The molecule has 0 aromatic heterocycles. The summed E-state index contributed by atoms with van der Waals surface area (Å²) in [7, 11) is 0. The van der Waals surface area contributed by atoms with Gasteiger partial charge in [0, 0.05) is 11.6 Å². The first-order valence-corrected chi connectivity index (χ1v) is 5.82. The fourth-order valence-electron chi connectivity index (χ4n) is 1.67. The van der Waals surface area contributed by atoms with E-state index in [2.05, 4.69) is 4.74 Å². The molecule has 0 aliphatic carbocycles. The van der Waals surface area contributed by atoms with Gasteiger partial charge in [0.05, 0.1) is 0 Å². The van der Waals surface area contributed by atoms with E-state index in [-0.39, 0.29) is 17.6 Å². The zero-order valence-electron chi connectivity index (χ0n) is 10.7. The Morgan fingerprint density at radius 2 is 1.67 bits per heavy atom. The van der Waals surface area contributed by atoms with Crippen LogP contribution in [0.3, 0.4) is 0 Å². The number of hydrogen-bond donors (Lipinski definition) is 1. The van der Waals surface area contributed by atoms with E-state index in [9.17, 15) is 13.2 Å². The first-order chi connectivity index (χ1) is 8.22. The average molecular weight is 261 g/mol. The maximum Gasteiger partial charge on any atom is 0.573 e. The van der Waals surface area contributed by atoms with Crippen molar-refractivity contribution in [2.45, 2.75) is 33.2 Å². The minimum atomic E-state index is -4.70. The first kappa shape index (κ1) is 14.8. The minimum absolute atomic E-state index is 0.0583. The molecule has 0 amide bonds. The van der Waals surface area contributed by atoms with Gasteiger partial charge in [0.2, 0.25) is 0 Å². The van der Waals surface area contributed by atoms with Crippen LogP contribution in [0.1, 0.15) is 32.4 Å². The molecule has 5 heteroatoms. The summed E-state index contributed by atoms with van der Waals surface area (Å²) < 4.78 is 40.8. The molecule has 2 N–H and O–H groups in total. The number of ether oxygens (including phenoxy) is 1. The lowest BCUT2D eigenvalue weighted by Gasteiger charge is -2.25. The molecule has 0 bridgehead atoms. The molecule has 0 fully saturated rings. The molecule has 102 valence electrons. The molecule has 18 heavy (non-hydrogen) atoms. The summed E-state index contributed by atoms with van der Waals surface area (Å²) in [5.41, 5.74) is 6.40. The largest absolute Gasteiger partial charge is 0.573 e. The Bertz CT molecular complexity index is 390. The summed E-state index contributed by atoms with van der Waals surface area (Å²) in [6.07, 6.45) is -4.70. The summed E-state index contributed by atoms with van der Waals surface area (Å²) in [4.78, 5) is 0. The third-order valence-corrected chi connectivity index (χ3v) is 3.12. The van der Waals surface area contributed by atoms with Crippen molar-refractivity contribution in [3.8, 4) is 5.75 Å². The maximum atomic E-state index is 12.3. The van der Waals surface area contributed by atoms with E-state index < -0.39 is 12.4 Å². The van der Waals surface area contributed by atoms with Crippen molar-refractivity contribution in [2.24, 2.45) is 17.6 Å². The Kier molecular flexibility index (Phi) is 4.62. The number of benzene rings is 1. The van der Waals surface area contributed by atoms with Gasteiger partial charge in [-0.05, 0) is 17.9 Å². The van der Waals surface area contributed by atoms with Gasteiger partial charge in [0.25, 0.3) is 0 Å². The highest BCUT2D eigenvalue weighted by atomic mass is 19.4. The van der Waals surface area contributed by atoms with Gasteiger partial charge in [0.1, 0.15) is 5.75 Å². The van der Waals surface area contributed by atoms with E-state index in [0.717, 1.165) is 0 Å². The van der Waals surface area contributed by atoms with Crippen molar-refractivity contribution in [2.75, 3.05) is 0 Å². The van der Waals surface area contributed by atoms with Crippen molar-refractivity contribution in [1.29, 1.82) is 0 Å². The Balaban J connectivity index is 3.01. The molecule has 0 saturated heterocycles. The van der Waals surface area contributed by atoms with Gasteiger partial charge in [0.15, 0.2) is 0 Å². The fourth-order valence-corrected chi connectivity index (χ4v) is 1.67. The Hall–Kier alpha value is -1.23. The van der Waals surface area contributed by atoms with Crippen LogP contribution in [0, 0.1) is 11.8 Å². The fraction of sp³-hybridized carbons (Fsp3) is 0.538. The number of para-hydroxylation sites is 1. The predicted octanol–water partition coefficient (Wildman–Crippen LogP) is 3.88. The second-order valence-electron chi connectivity index (χ2n) is 4.71. The normalized spacial score (nSPS) is 15.6. The lowest BCUT2D eigenvalue weighted by molar-refractivity contribution is -0.275. The predicted molar refractivity (Wildman–Crippen MR) is 64.1 cm³/mol. The zero-order chi connectivity index (χ0) is 13.9. The third kappa shape index (κ3) is 3.91. The molecule has 0 aliphatic rings. The van der Waals surface area contributed by atoms with Gasteiger partial charge in [-0.15, -0.1) is 13.2 Å². The summed E-state index contributed by atoms with van der Waals surface area (Å²) in [5, 5.41) is 0. The molecular weight excluding hydrogens is 243 g/mol. The van der Waals surface area contributed by atoms with E-state index in [1.165, 1.54) is 12.1 Å². The number of hydrogen-bond acceptors (Lipinski definition) is 2. The lowest BCUT2D eigenvalue weighted by Crippen LogP contribution is -2.25. The lowest BCUT2D eigenvalue weighted by atomic mass is 9.86. The zero-order valence-corrected chi connectivity index (χ0v) is 10.7. The highest BCUT2D eigenvalue weighted by molar-refractivity contribution is 5.36. The molecule has 0 saturated carbocycles. The van der Waals surface area contributed by atoms with Crippen LogP contribution < -0.4 is 10.5 Å². The molecule has 2 atom stereocenters. The van der Waals surface area contributed by atoms with Gasteiger partial charge >= 0.3 is 6.36 Å². The van der Waals surface area contributed by atoms with Crippen molar-refractivity contribution in [3.63, 3.8) is 0 Å². The molecular formula is C13H18F3NO. The number of halogens is 3. The van der Waals surface area contributed by atoms with E-state index in [4.69, 9.17) is 5.73 Å². The molecule has 0 radical (unpaired) electrons. The number of rotatable bonds is 4. The second-order valence-corrected chi connectivity index (χ2v) is 4.71. The monoisotopic (exact) mass is 261 g/mol. The van der Waals surface area contributed by atoms with E-state index in [1.54, 1.807) is 12.1 Å². The summed E-state index contributed by atoms with van der Waals surface area (Å²) in [5.74, 6) is 0.118. The smallest absolute Gasteiger partial charge is 0.405 e. The van der Waals surface area contributed by atoms with Gasteiger partial charge in [-0.1, -0.05) is 39.0 Å². The van der Waals surface area contributed by atoms with Crippen molar-refractivity contribution >= 4 is 0 Å². The van der Waals surface area contributed by atoms with Gasteiger partial charge in [-0.25, -0.2) is 0 Å². The molecule has 0 heterocycles. The van der Waals surface area contributed by atoms with Crippen molar-refractivity contribution < 1.29 is 17.9 Å². The highest BCUT2D eigenvalue weighted by Gasteiger charge is 2.33. The molecule has 2 unspecified atom stereocenters. The number of nitrogens with two attached hydrogens (primary N) is 1. The standard InChI is InChI=1S/C13H18F3NO/c1-8(2)9(3)12(17)10-6-4-5-7-11(10)18-13(14,15)16/h4-9,12H,17H2,1-3H3. The topological polar surface area (TPSA) is 35.2 Å². The van der Waals surface area contributed by atoms with Crippen LogP contribution in [0.2, 0.25) is 0 Å². The third-order valence-electron chi connectivity index (χ3n) is 3.12.